The molecule has 58 heavy (non-hydrogen) atoms. The molecule has 1 unspecified atom stereocenters. The quantitative estimate of drug-likeness (QED) is 0.0991. The summed E-state index contributed by atoms with van der Waals surface area (Å²) in [6.07, 6.45) is 1.97. The van der Waals surface area contributed by atoms with Crippen LogP contribution in [0.2, 0.25) is 0 Å². The third-order valence-electron chi connectivity index (χ3n) is 9.82. The van der Waals surface area contributed by atoms with Crippen LogP contribution in [0, 0.1) is 0 Å². The fraction of sp³-hybridized carbons (Fsp3) is 0.455. The number of hydrogen-bond donors (Lipinski definition) is 1. The Kier molecular flexibility index (Phi) is 15.8. The molecule has 4 aromatic rings. The van der Waals surface area contributed by atoms with Gasteiger partial charge in [-0.25, -0.2) is 4.98 Å². The summed E-state index contributed by atoms with van der Waals surface area (Å²) < 4.78 is 27.8. The van der Waals surface area contributed by atoms with E-state index in [9.17, 15) is 14.4 Å². The van der Waals surface area contributed by atoms with Crippen LogP contribution in [-0.4, -0.2) is 124 Å². The molecule has 3 heterocycles. The Hall–Kier alpha value is -4.70. The van der Waals surface area contributed by atoms with Crippen LogP contribution in [0.5, 0.6) is 0 Å². The number of benzene rings is 3. The fourth-order valence-corrected chi connectivity index (χ4v) is 7.38. The third kappa shape index (κ3) is 12.4. The van der Waals surface area contributed by atoms with Crippen molar-refractivity contribution in [2.75, 3.05) is 95.9 Å². The molecule has 1 fully saturated rings. The Morgan fingerprint density at radius 1 is 0.776 bits per heavy atom. The summed E-state index contributed by atoms with van der Waals surface area (Å²) in [5.41, 5.74) is 5.07. The van der Waals surface area contributed by atoms with Gasteiger partial charge in [0.1, 0.15) is 6.04 Å². The van der Waals surface area contributed by atoms with Crippen molar-refractivity contribution >= 4 is 39.9 Å². The smallest absolute Gasteiger partial charge is 0.255 e. The van der Waals surface area contributed by atoms with E-state index in [0.717, 1.165) is 41.0 Å². The lowest BCUT2D eigenvalue weighted by molar-refractivity contribution is -0.132. The van der Waals surface area contributed by atoms with Crippen LogP contribution < -0.4 is 10.2 Å². The molecular weight excluding hydrogens is 759 g/mol. The SMILES string of the molecule is CC(C)(C)OCCOCCOCCOCCOCCC(=O)N1CCN(c2ccc(-c3ccc4c(c3)C(=O)N(C(C(=O)Nc3nccs3)c3ccccc3)C4)cc2)CC1. The number of thiazole rings is 1. The average Bonchev–Trinajstić information content (AvgIpc) is 3.86. The van der Waals surface area contributed by atoms with Crippen LogP contribution >= 0.6 is 11.3 Å². The van der Waals surface area contributed by atoms with Crippen molar-refractivity contribution < 1.29 is 38.1 Å². The summed E-state index contributed by atoms with van der Waals surface area (Å²) in [5, 5.41) is 5.17. The summed E-state index contributed by atoms with van der Waals surface area (Å²) >= 11 is 1.33. The molecule has 3 amide bonds. The Morgan fingerprint density at radius 3 is 2.02 bits per heavy atom. The van der Waals surface area contributed by atoms with E-state index in [2.05, 4.69) is 39.5 Å². The average molecular weight is 814 g/mol. The van der Waals surface area contributed by atoms with Crippen molar-refractivity contribution in [2.24, 2.45) is 0 Å². The molecule has 1 aromatic heterocycles. The normalized spacial score (nSPS) is 14.8. The zero-order chi connectivity index (χ0) is 40.7. The number of hydrogen-bond acceptors (Lipinski definition) is 11. The number of amides is 3. The molecule has 1 N–H and O–H groups in total. The lowest BCUT2D eigenvalue weighted by atomic mass is 10.00. The molecule has 2 aliphatic rings. The van der Waals surface area contributed by atoms with Gasteiger partial charge in [0.05, 0.1) is 71.5 Å². The van der Waals surface area contributed by atoms with Gasteiger partial charge in [-0.2, -0.15) is 0 Å². The van der Waals surface area contributed by atoms with E-state index in [1.165, 1.54) is 11.3 Å². The number of fused-ring (bicyclic) bond motifs is 1. The largest absolute Gasteiger partial charge is 0.379 e. The van der Waals surface area contributed by atoms with Gasteiger partial charge in [0.2, 0.25) is 5.91 Å². The maximum Gasteiger partial charge on any atom is 0.255 e. The topological polar surface area (TPSA) is 132 Å². The Balaban J connectivity index is 0.885. The number of rotatable bonds is 21. The zero-order valence-corrected chi connectivity index (χ0v) is 34.5. The molecule has 310 valence electrons. The van der Waals surface area contributed by atoms with E-state index >= 15 is 0 Å². The first-order valence-electron chi connectivity index (χ1n) is 19.9. The molecule has 1 atom stereocenters. The highest BCUT2D eigenvalue weighted by molar-refractivity contribution is 7.13. The maximum atomic E-state index is 13.9. The van der Waals surface area contributed by atoms with Crippen molar-refractivity contribution in [3.63, 3.8) is 0 Å². The second kappa shape index (κ2) is 21.3. The van der Waals surface area contributed by atoms with E-state index < -0.39 is 6.04 Å². The third-order valence-corrected chi connectivity index (χ3v) is 10.5. The van der Waals surface area contributed by atoms with E-state index in [-0.39, 0.29) is 23.3 Å². The number of ether oxygens (including phenoxy) is 5. The number of carbonyl (C=O) groups excluding carboxylic acids is 3. The highest BCUT2D eigenvalue weighted by Gasteiger charge is 2.38. The molecule has 1 saturated heterocycles. The first-order valence-corrected chi connectivity index (χ1v) is 20.8. The first kappa shape index (κ1) is 42.9. The molecule has 2 aliphatic heterocycles. The number of anilines is 2. The van der Waals surface area contributed by atoms with Crippen molar-refractivity contribution in [3.8, 4) is 11.1 Å². The van der Waals surface area contributed by atoms with Crippen molar-refractivity contribution in [1.82, 2.24) is 14.8 Å². The zero-order valence-electron chi connectivity index (χ0n) is 33.7. The molecular formula is C44H55N5O8S. The number of nitrogens with one attached hydrogen (secondary N) is 1. The van der Waals surface area contributed by atoms with Crippen molar-refractivity contribution in [1.29, 1.82) is 0 Å². The minimum atomic E-state index is -0.805. The predicted molar refractivity (Wildman–Crippen MR) is 224 cm³/mol. The van der Waals surface area contributed by atoms with Crippen molar-refractivity contribution in [2.45, 2.75) is 45.4 Å². The summed E-state index contributed by atoms with van der Waals surface area (Å²) in [5.74, 6) is -0.390. The Labute approximate surface area is 345 Å². The first-order chi connectivity index (χ1) is 28.2. The van der Waals surface area contributed by atoms with Gasteiger partial charge in [-0.1, -0.05) is 54.6 Å². The molecule has 0 spiro atoms. The van der Waals surface area contributed by atoms with Gasteiger partial charge in [0, 0.05) is 55.6 Å². The van der Waals surface area contributed by atoms with Gasteiger partial charge in [0.15, 0.2) is 5.13 Å². The number of piperazine rings is 1. The number of aromatic nitrogens is 1. The fourth-order valence-electron chi connectivity index (χ4n) is 6.84. The summed E-state index contributed by atoms with van der Waals surface area (Å²) in [7, 11) is 0. The second-order valence-corrected chi connectivity index (χ2v) is 15.9. The molecule has 0 saturated carbocycles. The van der Waals surface area contributed by atoms with E-state index in [4.69, 9.17) is 23.7 Å². The van der Waals surface area contributed by atoms with Gasteiger partial charge in [-0.05, 0) is 61.2 Å². The van der Waals surface area contributed by atoms with E-state index in [0.29, 0.717) is 96.2 Å². The minimum Gasteiger partial charge on any atom is -0.379 e. The van der Waals surface area contributed by atoms with Crippen LogP contribution in [0.25, 0.3) is 11.1 Å². The van der Waals surface area contributed by atoms with Crippen molar-refractivity contribution in [3.05, 3.63) is 101 Å². The highest BCUT2D eigenvalue weighted by atomic mass is 32.1. The molecule has 0 bridgehead atoms. The minimum absolute atomic E-state index is 0.0939. The van der Waals surface area contributed by atoms with Crippen LogP contribution in [0.1, 0.15) is 54.7 Å². The van der Waals surface area contributed by atoms with Crippen LogP contribution in [0.3, 0.4) is 0 Å². The maximum absolute atomic E-state index is 13.9. The van der Waals surface area contributed by atoms with Crippen LogP contribution in [0.4, 0.5) is 10.8 Å². The molecule has 0 radical (unpaired) electrons. The van der Waals surface area contributed by atoms with Crippen LogP contribution in [-0.2, 0) is 39.8 Å². The Bertz CT molecular complexity index is 1900. The summed E-state index contributed by atoms with van der Waals surface area (Å²) in [6.45, 7) is 13.5. The molecule has 6 rings (SSSR count). The van der Waals surface area contributed by atoms with Gasteiger partial charge in [-0.15, -0.1) is 11.3 Å². The number of carbonyl (C=O) groups is 3. The second-order valence-electron chi connectivity index (χ2n) is 15.0. The molecule has 0 aliphatic carbocycles. The van der Waals surface area contributed by atoms with E-state index in [1.807, 2.05) is 74.2 Å². The summed E-state index contributed by atoms with van der Waals surface area (Å²) in [4.78, 5) is 50.3. The van der Waals surface area contributed by atoms with Gasteiger partial charge < -0.3 is 38.4 Å². The Morgan fingerprint density at radius 2 is 1.40 bits per heavy atom. The van der Waals surface area contributed by atoms with Gasteiger partial charge in [0.25, 0.3) is 11.8 Å². The predicted octanol–water partition coefficient (Wildman–Crippen LogP) is 6.07. The monoisotopic (exact) mass is 813 g/mol. The van der Waals surface area contributed by atoms with E-state index in [1.54, 1.807) is 16.5 Å². The lowest BCUT2D eigenvalue weighted by Gasteiger charge is -2.36. The highest BCUT2D eigenvalue weighted by Crippen LogP contribution is 2.35. The number of nitrogens with zero attached hydrogens (tertiary/aromatic N) is 4. The van der Waals surface area contributed by atoms with Gasteiger partial charge in [-0.3, -0.25) is 19.7 Å². The standard InChI is InChI=1S/C44H55N5O8S/c1-44(2,3)57-29-28-56-27-26-55-25-24-54-23-22-53-21-15-39(50)48-19-17-47(18-20-48)37-13-11-33(12-14-37)35-9-10-36-32-49(42(52)38(36)31-35)40(34-7-5-4-6-8-34)41(51)46-43-45-16-30-58-43/h4-14,16,30-31,40H,15,17-29,32H2,1-3H3,(H,45,46,51). The molecule has 3 aromatic carbocycles. The molecule has 13 nitrogen and oxygen atoms in total. The molecule has 14 heteroatoms. The lowest BCUT2D eigenvalue weighted by Crippen LogP contribution is -2.49. The van der Waals surface area contributed by atoms with Gasteiger partial charge >= 0.3 is 0 Å². The van der Waals surface area contributed by atoms with Crippen LogP contribution in [0.15, 0.2) is 84.4 Å². The summed E-state index contributed by atoms with van der Waals surface area (Å²) in [6, 6.07) is 22.8.